The van der Waals surface area contributed by atoms with E-state index in [0.717, 1.165) is 5.02 Å². The third-order valence-electron chi connectivity index (χ3n) is 4.39. The van der Waals surface area contributed by atoms with Crippen LogP contribution in [0.2, 0.25) is 5.02 Å². The van der Waals surface area contributed by atoms with Crippen LogP contribution in [0.25, 0.3) is 0 Å². The van der Waals surface area contributed by atoms with Crippen LogP contribution < -0.4 is 10.6 Å². The SMILES string of the molecule is CCP(CC)CC.CP(C)(Br)(c1ccccc1)c1ccccc1Cl.[Ni]. The van der Waals surface area contributed by atoms with Crippen molar-refractivity contribution < 1.29 is 16.5 Å². The van der Waals surface area contributed by atoms with Crippen LogP contribution in [0.1, 0.15) is 20.8 Å². The third kappa shape index (κ3) is 7.24. The molecular formula is C20H30BrClNiP2. The van der Waals surface area contributed by atoms with Gasteiger partial charge in [-0.15, -0.1) is 7.92 Å². The topological polar surface area (TPSA) is 0 Å². The Kier molecular flexibility index (Phi) is 11.7. The van der Waals surface area contributed by atoms with E-state index in [-0.39, 0.29) is 16.5 Å². The van der Waals surface area contributed by atoms with Gasteiger partial charge in [-0.05, 0) is 18.5 Å². The largest absolute Gasteiger partial charge is 0 e. The van der Waals surface area contributed by atoms with Crippen molar-refractivity contribution in [3.8, 4) is 0 Å². The van der Waals surface area contributed by atoms with Crippen LogP contribution in [0.3, 0.4) is 0 Å². The standard InChI is InChI=1S/C14H15BrClP.C6H15P.Ni/c1-17(2,15,12-8-4-3-5-9-12)14-11-7-6-10-13(14)16;1-4-7(5-2)6-3;/h3-11H,1-2H3;4-6H2,1-3H3;. The van der Waals surface area contributed by atoms with Gasteiger partial charge in [0.05, 0.1) is 0 Å². The summed E-state index contributed by atoms with van der Waals surface area (Å²) >= 11 is 10.4. The minimum absolute atomic E-state index is 0. The Balaban J connectivity index is 0.000000620. The van der Waals surface area contributed by atoms with Gasteiger partial charge in [-0.1, -0.05) is 20.8 Å². The van der Waals surface area contributed by atoms with Crippen molar-refractivity contribution in [2.75, 3.05) is 31.8 Å². The van der Waals surface area contributed by atoms with E-state index in [0.29, 0.717) is 7.92 Å². The molecule has 0 aliphatic rings. The average molecular weight is 506 g/mol. The molecule has 2 aromatic carbocycles. The van der Waals surface area contributed by atoms with Gasteiger partial charge in [-0.2, -0.15) is 0 Å². The molecule has 0 aliphatic carbocycles. The second kappa shape index (κ2) is 11.4. The maximum Gasteiger partial charge on any atom is 0 e. The fourth-order valence-corrected chi connectivity index (χ4v) is 9.33. The van der Waals surface area contributed by atoms with Gasteiger partial charge in [0.2, 0.25) is 0 Å². The van der Waals surface area contributed by atoms with E-state index in [1.54, 1.807) is 0 Å². The van der Waals surface area contributed by atoms with Crippen LogP contribution in [-0.4, -0.2) is 31.8 Å². The van der Waals surface area contributed by atoms with Gasteiger partial charge in [-0.25, -0.2) is 0 Å². The number of halogens is 2. The van der Waals surface area contributed by atoms with Crippen molar-refractivity contribution in [2.24, 2.45) is 0 Å². The molecule has 0 radical (unpaired) electrons. The smallest absolute Gasteiger partial charge is 0 e. The fourth-order valence-electron chi connectivity index (χ4n) is 2.64. The van der Waals surface area contributed by atoms with Crippen LogP contribution in [-0.2, 0) is 16.5 Å². The normalized spacial score (nSPS) is 12.4. The quantitative estimate of drug-likeness (QED) is 0.305. The maximum atomic E-state index is 6.35. The molecule has 0 spiro atoms. The van der Waals surface area contributed by atoms with Gasteiger partial charge in [-0.3, -0.25) is 0 Å². The summed E-state index contributed by atoms with van der Waals surface area (Å²) in [6.45, 7) is 11.4. The molecule has 0 saturated heterocycles. The van der Waals surface area contributed by atoms with Crippen molar-refractivity contribution in [3.63, 3.8) is 0 Å². The van der Waals surface area contributed by atoms with Crippen molar-refractivity contribution in [3.05, 3.63) is 59.6 Å². The van der Waals surface area contributed by atoms with Crippen LogP contribution in [0, 0.1) is 0 Å². The molecular weight excluding hydrogens is 476 g/mol. The predicted octanol–water partition coefficient (Wildman–Crippen LogP) is 6.94. The zero-order valence-electron chi connectivity index (χ0n) is 15.8. The summed E-state index contributed by atoms with van der Waals surface area (Å²) in [5.41, 5.74) is 0. The Morgan fingerprint density at radius 1 is 0.840 bits per heavy atom. The Labute approximate surface area is 178 Å². The van der Waals surface area contributed by atoms with E-state index >= 15 is 0 Å². The summed E-state index contributed by atoms with van der Waals surface area (Å²) in [6.07, 6.45) is 4.26. The second-order valence-electron chi connectivity index (χ2n) is 6.37. The predicted molar refractivity (Wildman–Crippen MR) is 123 cm³/mol. The summed E-state index contributed by atoms with van der Waals surface area (Å²) in [7, 11) is 0.446. The van der Waals surface area contributed by atoms with Crippen molar-refractivity contribution in [1.82, 2.24) is 0 Å². The molecule has 5 heteroatoms. The zero-order valence-corrected chi connectivity index (χ0v) is 20.9. The van der Waals surface area contributed by atoms with Crippen LogP contribution in [0.5, 0.6) is 0 Å². The minimum Gasteiger partial charge on any atom is 0 e. The van der Waals surface area contributed by atoms with Gasteiger partial charge in [0.1, 0.15) is 0 Å². The molecule has 0 N–H and O–H groups in total. The molecule has 0 bridgehead atoms. The Bertz CT molecular complexity index is 617. The molecule has 0 saturated carbocycles. The van der Waals surface area contributed by atoms with E-state index in [4.69, 9.17) is 11.6 Å². The first kappa shape index (κ1) is 25.6. The molecule has 0 unspecified atom stereocenters. The van der Waals surface area contributed by atoms with E-state index < -0.39 is 5.31 Å². The van der Waals surface area contributed by atoms with Crippen molar-refractivity contribution >= 4 is 50.9 Å². The van der Waals surface area contributed by atoms with Gasteiger partial charge in [0.15, 0.2) is 0 Å². The van der Waals surface area contributed by atoms with Crippen molar-refractivity contribution in [1.29, 1.82) is 0 Å². The Morgan fingerprint density at radius 2 is 1.28 bits per heavy atom. The maximum absolute atomic E-state index is 6.35. The molecule has 0 heterocycles. The number of rotatable bonds is 5. The van der Waals surface area contributed by atoms with Gasteiger partial charge in [0, 0.05) is 16.5 Å². The molecule has 144 valence electrons. The van der Waals surface area contributed by atoms with Crippen molar-refractivity contribution in [2.45, 2.75) is 20.8 Å². The van der Waals surface area contributed by atoms with Gasteiger partial charge in [0.25, 0.3) is 0 Å². The van der Waals surface area contributed by atoms with Crippen LogP contribution in [0.4, 0.5) is 0 Å². The minimum atomic E-state index is -2.30. The molecule has 0 nitrogen and oxygen atoms in total. The summed E-state index contributed by atoms with van der Waals surface area (Å²) < 4.78 is 0. The monoisotopic (exact) mass is 504 g/mol. The van der Waals surface area contributed by atoms with E-state index in [1.165, 1.54) is 29.1 Å². The number of hydrogen-bond acceptors (Lipinski definition) is 0. The van der Waals surface area contributed by atoms with E-state index in [1.807, 2.05) is 24.3 Å². The molecule has 0 atom stereocenters. The Hall–Kier alpha value is 0.564. The van der Waals surface area contributed by atoms with Gasteiger partial charge >= 0.3 is 116 Å². The molecule has 0 aliphatic heterocycles. The van der Waals surface area contributed by atoms with E-state index in [9.17, 15) is 0 Å². The number of hydrogen-bond donors (Lipinski definition) is 0. The summed E-state index contributed by atoms with van der Waals surface area (Å²) in [5, 5.41) is 1.04. The molecule has 2 aromatic rings. The molecule has 2 rings (SSSR count). The first-order chi connectivity index (χ1) is 11.2. The average Bonchev–Trinajstić information content (AvgIpc) is 2.58. The molecule has 0 aromatic heterocycles. The van der Waals surface area contributed by atoms with E-state index in [2.05, 4.69) is 79.9 Å². The summed E-state index contributed by atoms with van der Waals surface area (Å²) in [5.74, 6) is 0. The Morgan fingerprint density at radius 3 is 1.68 bits per heavy atom. The summed E-state index contributed by atoms with van der Waals surface area (Å²) in [6, 6.07) is 18.6. The number of benzene rings is 2. The first-order valence-electron chi connectivity index (χ1n) is 8.51. The first-order valence-corrected chi connectivity index (χ1v) is 15.9. The summed E-state index contributed by atoms with van der Waals surface area (Å²) in [4.78, 5) is 0. The molecule has 25 heavy (non-hydrogen) atoms. The fraction of sp³-hybridized carbons (Fsp3) is 0.400. The van der Waals surface area contributed by atoms with Crippen LogP contribution >= 0.6 is 40.3 Å². The zero-order chi connectivity index (χ0) is 18.2. The van der Waals surface area contributed by atoms with Crippen LogP contribution in [0.15, 0.2) is 54.6 Å². The second-order valence-corrected chi connectivity index (χ2v) is 21.3. The molecule has 0 fully saturated rings. The third-order valence-corrected chi connectivity index (χ3v) is 13.5. The van der Waals surface area contributed by atoms with Gasteiger partial charge < -0.3 is 0 Å². The molecule has 0 amide bonds.